The number of rotatable bonds is 9. The third-order valence-corrected chi connectivity index (χ3v) is 7.71. The Bertz CT molecular complexity index is 1000. The van der Waals surface area contributed by atoms with Gasteiger partial charge in [0.15, 0.2) is 4.93 Å². The fourth-order valence-corrected chi connectivity index (χ4v) is 6.41. The Labute approximate surface area is 229 Å². The van der Waals surface area contributed by atoms with Gasteiger partial charge in [0.2, 0.25) is 0 Å². The Balaban J connectivity index is 0.00000450. The van der Waals surface area contributed by atoms with Crippen LogP contribution >= 0.6 is 0 Å². The standard InChI is InChI=1S/C20H28O7S2.2Na/c1-3-5-10-16-14-18(15-11-8-7-9-12-15)20(21,29(25,26)27)19(28(22,23)24)17(16)13-6-4-2;;/h7-9,11-12,14,19,21H,3-6,10,13H2,1-2H3,(H,22,23,24)(H,25,26,27);;/q;2*+1/p-2. The molecule has 0 saturated carbocycles. The average Bonchev–Trinajstić information content (AvgIpc) is 2.64. The fraction of sp³-hybridized carbons (Fsp3) is 0.500. The zero-order valence-electron chi connectivity index (χ0n) is 18.5. The van der Waals surface area contributed by atoms with E-state index in [1.165, 1.54) is 18.2 Å². The van der Waals surface area contributed by atoms with Crippen LogP contribution in [0.4, 0.5) is 0 Å². The van der Waals surface area contributed by atoms with Crippen molar-refractivity contribution in [1.29, 1.82) is 0 Å². The van der Waals surface area contributed by atoms with Crippen molar-refractivity contribution in [3.8, 4) is 0 Å². The molecule has 0 aliphatic heterocycles. The van der Waals surface area contributed by atoms with Gasteiger partial charge in [-0.2, -0.15) is 0 Å². The molecular weight excluding hydrogens is 462 g/mol. The topological polar surface area (TPSA) is 135 Å². The molecule has 2 rings (SSSR count). The van der Waals surface area contributed by atoms with Crippen molar-refractivity contribution in [3.05, 3.63) is 53.1 Å². The number of hydrogen-bond acceptors (Lipinski definition) is 7. The molecule has 7 nitrogen and oxygen atoms in total. The summed E-state index contributed by atoms with van der Waals surface area (Å²) in [7, 11) is -11.0. The van der Waals surface area contributed by atoms with E-state index in [1.54, 1.807) is 18.2 Å². The van der Waals surface area contributed by atoms with Gasteiger partial charge in [0.1, 0.15) is 25.5 Å². The molecule has 0 heterocycles. The van der Waals surface area contributed by atoms with Gasteiger partial charge in [-0.15, -0.1) is 0 Å². The minimum absolute atomic E-state index is 0. The monoisotopic (exact) mass is 488 g/mol. The minimum atomic E-state index is -5.63. The van der Waals surface area contributed by atoms with Gasteiger partial charge in [-0.1, -0.05) is 63.1 Å². The molecule has 0 bridgehead atoms. The van der Waals surface area contributed by atoms with E-state index >= 15 is 0 Å². The number of benzene rings is 1. The molecule has 1 aromatic carbocycles. The summed E-state index contributed by atoms with van der Waals surface area (Å²) in [6, 6.07) is 7.71. The first kappa shape index (κ1) is 31.5. The molecule has 162 valence electrons. The van der Waals surface area contributed by atoms with E-state index in [2.05, 4.69) is 0 Å². The molecule has 0 amide bonds. The molecule has 1 aliphatic rings. The normalized spacial score (nSPS) is 21.7. The van der Waals surface area contributed by atoms with Gasteiger partial charge >= 0.3 is 59.1 Å². The van der Waals surface area contributed by atoms with E-state index in [0.29, 0.717) is 31.3 Å². The van der Waals surface area contributed by atoms with Crippen molar-refractivity contribution in [2.75, 3.05) is 0 Å². The van der Waals surface area contributed by atoms with Crippen molar-refractivity contribution >= 4 is 25.8 Å². The maximum absolute atomic E-state index is 12.2. The van der Waals surface area contributed by atoms with Crippen molar-refractivity contribution in [2.24, 2.45) is 0 Å². The summed E-state index contributed by atoms with van der Waals surface area (Å²) in [5, 5.41) is 8.77. The van der Waals surface area contributed by atoms with E-state index in [4.69, 9.17) is 0 Å². The number of unbranched alkanes of at least 4 members (excludes halogenated alkanes) is 2. The van der Waals surface area contributed by atoms with Gasteiger partial charge in [-0.3, -0.25) is 0 Å². The van der Waals surface area contributed by atoms with Crippen molar-refractivity contribution < 1.29 is 90.2 Å². The summed E-state index contributed by atoms with van der Waals surface area (Å²) in [5.41, 5.74) is 0.323. The molecule has 1 aromatic rings. The molecule has 11 heteroatoms. The van der Waals surface area contributed by atoms with Crippen LogP contribution < -0.4 is 59.1 Å². The largest absolute Gasteiger partial charge is 1.00 e. The van der Waals surface area contributed by atoms with Crippen LogP contribution in [0.25, 0.3) is 5.57 Å². The van der Waals surface area contributed by atoms with Crippen LogP contribution in [0.15, 0.2) is 47.6 Å². The number of allylic oxidation sites excluding steroid dienone is 2. The van der Waals surface area contributed by atoms with E-state index < -0.39 is 30.4 Å². The number of hydrogen-bond donors (Lipinski definition) is 1. The van der Waals surface area contributed by atoms with Gasteiger partial charge in [0.25, 0.3) is 0 Å². The Morgan fingerprint density at radius 1 is 0.935 bits per heavy atom. The first-order valence-corrected chi connectivity index (χ1v) is 12.5. The van der Waals surface area contributed by atoms with Crippen LogP contribution in [0.5, 0.6) is 0 Å². The Kier molecular flexibility index (Phi) is 13.0. The van der Waals surface area contributed by atoms with Gasteiger partial charge in [0, 0.05) is 5.57 Å². The maximum atomic E-state index is 12.2. The van der Waals surface area contributed by atoms with Crippen LogP contribution in [0.2, 0.25) is 0 Å². The molecule has 0 radical (unpaired) electrons. The number of aliphatic hydroxyl groups is 1. The molecule has 31 heavy (non-hydrogen) atoms. The van der Waals surface area contributed by atoms with Gasteiger partial charge < -0.3 is 14.2 Å². The van der Waals surface area contributed by atoms with E-state index in [9.17, 15) is 31.0 Å². The molecule has 1 aliphatic carbocycles. The second-order valence-electron chi connectivity index (χ2n) is 7.21. The molecule has 0 aromatic heterocycles. The first-order valence-electron chi connectivity index (χ1n) is 9.60. The van der Waals surface area contributed by atoms with Crippen LogP contribution in [-0.4, -0.2) is 41.2 Å². The predicted molar refractivity (Wildman–Crippen MR) is 109 cm³/mol. The zero-order chi connectivity index (χ0) is 21.9. The van der Waals surface area contributed by atoms with Crippen molar-refractivity contribution in [2.45, 2.75) is 62.6 Å². The SMILES string of the molecule is CCCCC1=C(CCCC)C(S(=O)(=O)[O-])C(O)(S(=O)(=O)[O-])C(c2ccccc2)=C1.[Na+].[Na+]. The second kappa shape index (κ2) is 12.8. The summed E-state index contributed by atoms with van der Waals surface area (Å²) in [5.74, 6) is 0. The Morgan fingerprint density at radius 2 is 1.45 bits per heavy atom. The van der Waals surface area contributed by atoms with Crippen LogP contribution in [-0.2, 0) is 20.2 Å². The van der Waals surface area contributed by atoms with Crippen LogP contribution in [0.3, 0.4) is 0 Å². The van der Waals surface area contributed by atoms with Crippen molar-refractivity contribution in [3.63, 3.8) is 0 Å². The van der Waals surface area contributed by atoms with Gasteiger partial charge in [-0.05, 0) is 42.4 Å². The zero-order valence-corrected chi connectivity index (χ0v) is 24.1. The summed E-state index contributed by atoms with van der Waals surface area (Å²) < 4.78 is 73.4. The molecular formula is C20H26Na2O7S2. The van der Waals surface area contributed by atoms with Gasteiger partial charge in [0.05, 0.1) is 0 Å². The first-order chi connectivity index (χ1) is 13.5. The Morgan fingerprint density at radius 3 is 1.90 bits per heavy atom. The molecule has 0 saturated heterocycles. The quantitative estimate of drug-likeness (QED) is 0.288. The predicted octanol–water partition coefficient (Wildman–Crippen LogP) is -3.08. The minimum Gasteiger partial charge on any atom is -0.747 e. The summed E-state index contributed by atoms with van der Waals surface area (Å²) in [6.45, 7) is 3.80. The van der Waals surface area contributed by atoms with E-state index in [0.717, 1.165) is 6.42 Å². The van der Waals surface area contributed by atoms with Gasteiger partial charge in [-0.25, -0.2) is 16.8 Å². The smallest absolute Gasteiger partial charge is 0.747 e. The molecule has 0 spiro atoms. The fourth-order valence-electron chi connectivity index (χ4n) is 3.72. The average molecular weight is 489 g/mol. The van der Waals surface area contributed by atoms with E-state index in [-0.39, 0.29) is 82.2 Å². The van der Waals surface area contributed by atoms with E-state index in [1.807, 2.05) is 13.8 Å². The third kappa shape index (κ3) is 6.99. The molecule has 0 fully saturated rings. The summed E-state index contributed by atoms with van der Waals surface area (Å²) in [4.78, 5) is -3.40. The third-order valence-electron chi connectivity index (χ3n) is 5.14. The summed E-state index contributed by atoms with van der Waals surface area (Å²) in [6.07, 6.45) is 4.52. The van der Waals surface area contributed by atoms with Crippen LogP contribution in [0, 0.1) is 0 Å². The maximum Gasteiger partial charge on any atom is 1.00 e. The molecule has 2 atom stereocenters. The van der Waals surface area contributed by atoms with Crippen molar-refractivity contribution in [1.82, 2.24) is 0 Å². The molecule has 2 unspecified atom stereocenters. The summed E-state index contributed by atoms with van der Waals surface area (Å²) >= 11 is 0. The van der Waals surface area contributed by atoms with Crippen LogP contribution in [0.1, 0.15) is 57.9 Å². The Hall–Kier alpha value is 0.480. The molecule has 1 N–H and O–H groups in total. The second-order valence-corrected chi connectivity index (χ2v) is 10.2.